The maximum atomic E-state index is 5.53. The molecular weight excluding hydrogens is 458 g/mol. The first-order valence-electron chi connectivity index (χ1n) is 13.1. The lowest BCUT2D eigenvalue weighted by atomic mass is 9.96. The van der Waals surface area contributed by atoms with Crippen LogP contribution in [0.25, 0.3) is 22.9 Å². The van der Waals surface area contributed by atoms with E-state index < -0.39 is 0 Å². The van der Waals surface area contributed by atoms with E-state index in [1.54, 1.807) is 13.4 Å². The van der Waals surface area contributed by atoms with Gasteiger partial charge in [-0.2, -0.15) is 0 Å². The van der Waals surface area contributed by atoms with Crippen LogP contribution in [0.1, 0.15) is 58.2 Å². The summed E-state index contributed by atoms with van der Waals surface area (Å²) in [5, 5.41) is 0. The summed E-state index contributed by atoms with van der Waals surface area (Å²) in [7, 11) is 1.72. The number of piperidine rings is 1. The van der Waals surface area contributed by atoms with Gasteiger partial charge in [0.2, 0.25) is 0 Å². The van der Waals surface area contributed by atoms with Crippen LogP contribution >= 0.6 is 0 Å². The van der Waals surface area contributed by atoms with Crippen molar-refractivity contribution in [2.24, 2.45) is 0 Å². The summed E-state index contributed by atoms with van der Waals surface area (Å²) in [5.41, 5.74) is 10.5. The van der Waals surface area contributed by atoms with Crippen LogP contribution in [0.5, 0.6) is 5.75 Å². The Morgan fingerprint density at radius 1 is 0.946 bits per heavy atom. The van der Waals surface area contributed by atoms with Crippen molar-refractivity contribution < 1.29 is 4.74 Å². The van der Waals surface area contributed by atoms with Crippen molar-refractivity contribution >= 4 is 17.5 Å². The van der Waals surface area contributed by atoms with Gasteiger partial charge in [-0.25, -0.2) is 15.0 Å². The van der Waals surface area contributed by atoms with Crippen LogP contribution in [0.3, 0.4) is 0 Å². The SMILES string of the molecule is COc1cc(-c2nc(C3CCN(c4ncnc5c4C=C(c4ccc(C)cc4)C5)CC3)[nH]c2C)ccc1C. The Kier molecular flexibility index (Phi) is 6.03. The molecule has 1 N–H and O–H groups in total. The molecule has 6 rings (SSSR count). The number of imidazole rings is 1. The molecule has 3 heterocycles. The number of nitrogens with zero attached hydrogens (tertiary/aromatic N) is 4. The van der Waals surface area contributed by atoms with E-state index in [1.807, 2.05) is 0 Å². The summed E-state index contributed by atoms with van der Waals surface area (Å²) < 4.78 is 5.53. The van der Waals surface area contributed by atoms with Crippen LogP contribution in [0.15, 0.2) is 48.8 Å². The lowest BCUT2D eigenvalue weighted by Crippen LogP contribution is -2.34. The summed E-state index contributed by atoms with van der Waals surface area (Å²) in [6.45, 7) is 8.20. The molecular formula is C31H33N5O. The molecule has 6 heteroatoms. The van der Waals surface area contributed by atoms with Gasteiger partial charge in [0.25, 0.3) is 0 Å². The maximum Gasteiger partial charge on any atom is 0.139 e. The molecule has 0 radical (unpaired) electrons. The first-order valence-corrected chi connectivity index (χ1v) is 13.1. The van der Waals surface area contributed by atoms with Crippen LogP contribution in [0.2, 0.25) is 0 Å². The molecule has 188 valence electrons. The van der Waals surface area contributed by atoms with Crippen LogP contribution in [-0.4, -0.2) is 40.1 Å². The Morgan fingerprint density at radius 2 is 1.70 bits per heavy atom. The lowest BCUT2D eigenvalue weighted by Gasteiger charge is -2.32. The second-order valence-corrected chi connectivity index (χ2v) is 10.3. The molecule has 2 aliphatic rings. The minimum Gasteiger partial charge on any atom is -0.496 e. The number of rotatable bonds is 5. The summed E-state index contributed by atoms with van der Waals surface area (Å²) in [6.07, 6.45) is 6.96. The summed E-state index contributed by atoms with van der Waals surface area (Å²) in [4.78, 5) is 20.4. The van der Waals surface area contributed by atoms with Crippen LogP contribution in [0.4, 0.5) is 5.82 Å². The summed E-state index contributed by atoms with van der Waals surface area (Å²) in [6, 6.07) is 15.1. The number of methoxy groups -OCH3 is 1. The molecule has 6 nitrogen and oxygen atoms in total. The minimum atomic E-state index is 0.407. The van der Waals surface area contributed by atoms with Crippen LogP contribution in [0, 0.1) is 20.8 Å². The van der Waals surface area contributed by atoms with Gasteiger partial charge >= 0.3 is 0 Å². The molecule has 2 aromatic heterocycles. The number of hydrogen-bond donors (Lipinski definition) is 1. The fraction of sp³-hybridized carbons (Fsp3) is 0.323. The van der Waals surface area contributed by atoms with E-state index in [2.05, 4.69) is 84.2 Å². The highest BCUT2D eigenvalue weighted by atomic mass is 16.5. The van der Waals surface area contributed by atoms with Gasteiger partial charge in [0.15, 0.2) is 0 Å². The maximum absolute atomic E-state index is 5.53. The zero-order chi connectivity index (χ0) is 25.5. The van der Waals surface area contributed by atoms with E-state index in [1.165, 1.54) is 22.3 Å². The van der Waals surface area contributed by atoms with Crippen molar-refractivity contribution in [1.29, 1.82) is 0 Å². The molecule has 2 aromatic carbocycles. The third-order valence-electron chi connectivity index (χ3n) is 7.81. The van der Waals surface area contributed by atoms with Gasteiger partial charge in [-0.15, -0.1) is 0 Å². The van der Waals surface area contributed by atoms with E-state index in [0.29, 0.717) is 5.92 Å². The lowest BCUT2D eigenvalue weighted by molar-refractivity contribution is 0.412. The number of allylic oxidation sites excluding steroid dienone is 1. The number of benzene rings is 2. The molecule has 0 unspecified atom stereocenters. The zero-order valence-electron chi connectivity index (χ0n) is 22.0. The highest BCUT2D eigenvalue weighted by Gasteiger charge is 2.28. The molecule has 0 amide bonds. The largest absolute Gasteiger partial charge is 0.496 e. The molecule has 1 fully saturated rings. The second-order valence-electron chi connectivity index (χ2n) is 10.3. The average Bonchev–Trinajstić information content (AvgIpc) is 3.53. The minimum absolute atomic E-state index is 0.407. The van der Waals surface area contributed by atoms with Gasteiger partial charge in [0.05, 0.1) is 18.5 Å². The van der Waals surface area contributed by atoms with E-state index in [9.17, 15) is 0 Å². The number of ether oxygens (including phenoxy) is 1. The van der Waals surface area contributed by atoms with Crippen molar-refractivity contribution in [3.63, 3.8) is 0 Å². The highest BCUT2D eigenvalue weighted by molar-refractivity contribution is 5.91. The van der Waals surface area contributed by atoms with Crippen LogP contribution < -0.4 is 9.64 Å². The van der Waals surface area contributed by atoms with Crippen LogP contribution in [-0.2, 0) is 6.42 Å². The number of aromatic amines is 1. The fourth-order valence-corrected chi connectivity index (χ4v) is 5.61. The number of fused-ring (bicyclic) bond motifs is 1. The van der Waals surface area contributed by atoms with Gasteiger partial charge < -0.3 is 14.6 Å². The predicted molar refractivity (Wildman–Crippen MR) is 149 cm³/mol. The van der Waals surface area contributed by atoms with E-state index >= 15 is 0 Å². The Hall–Kier alpha value is -3.93. The number of anilines is 1. The Balaban J connectivity index is 1.19. The van der Waals surface area contributed by atoms with Gasteiger partial charge in [-0.3, -0.25) is 0 Å². The molecule has 0 bridgehead atoms. The third kappa shape index (κ3) is 4.41. The van der Waals surface area contributed by atoms with Crippen molar-refractivity contribution in [3.05, 3.63) is 88.3 Å². The van der Waals surface area contributed by atoms with E-state index in [0.717, 1.165) is 78.0 Å². The number of aryl methyl sites for hydroxylation is 3. The monoisotopic (exact) mass is 491 g/mol. The fourth-order valence-electron chi connectivity index (χ4n) is 5.61. The zero-order valence-corrected chi connectivity index (χ0v) is 22.0. The first-order chi connectivity index (χ1) is 18.0. The smallest absolute Gasteiger partial charge is 0.139 e. The summed E-state index contributed by atoms with van der Waals surface area (Å²) in [5.74, 6) is 3.45. The van der Waals surface area contributed by atoms with Crippen molar-refractivity contribution in [1.82, 2.24) is 19.9 Å². The quantitative estimate of drug-likeness (QED) is 0.356. The average molecular weight is 492 g/mol. The Bertz CT molecular complexity index is 1480. The molecule has 1 aliphatic carbocycles. The molecule has 0 saturated carbocycles. The van der Waals surface area contributed by atoms with E-state index in [-0.39, 0.29) is 0 Å². The standard InChI is InChI=1S/C31H33N5O/c1-19-5-8-22(9-6-19)25-15-26-27(16-25)32-18-33-31(26)36-13-11-23(12-14-36)30-34-21(3)29(35-30)24-10-7-20(2)28(17-24)37-4/h5-10,15,17-18,23H,11-14,16H2,1-4H3,(H,34,35). The van der Waals surface area contributed by atoms with Gasteiger partial charge in [-0.05, 0) is 62.5 Å². The van der Waals surface area contributed by atoms with Crippen molar-refractivity contribution in [2.45, 2.75) is 46.0 Å². The van der Waals surface area contributed by atoms with Gasteiger partial charge in [-0.1, -0.05) is 42.0 Å². The molecule has 0 atom stereocenters. The third-order valence-corrected chi connectivity index (χ3v) is 7.81. The highest BCUT2D eigenvalue weighted by Crippen LogP contribution is 2.38. The second kappa shape index (κ2) is 9.51. The number of aromatic nitrogens is 4. The van der Waals surface area contributed by atoms with Crippen molar-refractivity contribution in [2.75, 3.05) is 25.1 Å². The molecule has 1 saturated heterocycles. The number of nitrogens with one attached hydrogen (secondary N) is 1. The number of H-pyrrole nitrogens is 1. The topological polar surface area (TPSA) is 66.9 Å². The Labute approximate surface area is 218 Å². The molecule has 1 aliphatic heterocycles. The Morgan fingerprint density at radius 3 is 2.46 bits per heavy atom. The molecule has 37 heavy (non-hydrogen) atoms. The van der Waals surface area contributed by atoms with Gasteiger partial charge in [0.1, 0.15) is 23.7 Å². The predicted octanol–water partition coefficient (Wildman–Crippen LogP) is 6.28. The summed E-state index contributed by atoms with van der Waals surface area (Å²) >= 11 is 0. The number of hydrogen-bond acceptors (Lipinski definition) is 5. The van der Waals surface area contributed by atoms with Gasteiger partial charge in [0, 0.05) is 42.2 Å². The van der Waals surface area contributed by atoms with Crippen molar-refractivity contribution in [3.8, 4) is 17.0 Å². The normalized spacial score (nSPS) is 15.6. The first kappa shape index (κ1) is 23.5. The molecule has 0 spiro atoms. The van der Waals surface area contributed by atoms with E-state index in [4.69, 9.17) is 14.7 Å². The molecule has 4 aromatic rings.